The predicted octanol–water partition coefficient (Wildman–Crippen LogP) is 3.12. The molecule has 110 valence electrons. The van der Waals surface area contributed by atoms with Gasteiger partial charge in [0.15, 0.2) is 5.82 Å². The first-order valence-corrected chi connectivity index (χ1v) is 6.78. The highest BCUT2D eigenvalue weighted by molar-refractivity contribution is 6.31. The summed E-state index contributed by atoms with van der Waals surface area (Å²) in [6, 6.07) is 13.2. The molecule has 0 aliphatic carbocycles. The van der Waals surface area contributed by atoms with Crippen LogP contribution in [0.2, 0.25) is 5.02 Å². The first kappa shape index (κ1) is 15.5. The standard InChI is InChI=1S/C16H15ClFNO2/c1-16(10-20,11-6-3-2-4-7-11)19-15(21)12-8-5-9-13(17)14(12)18/h2-9,20H,10H2,1H3,(H,19,21). The van der Waals surface area contributed by atoms with Crippen molar-refractivity contribution in [3.63, 3.8) is 0 Å². The van der Waals surface area contributed by atoms with E-state index in [1.807, 2.05) is 6.07 Å². The number of carbonyl (C=O) groups is 1. The first-order chi connectivity index (χ1) is 9.98. The molecular formula is C16H15ClFNO2. The van der Waals surface area contributed by atoms with E-state index in [2.05, 4.69) is 5.32 Å². The van der Waals surface area contributed by atoms with Gasteiger partial charge in [0.05, 0.1) is 22.7 Å². The van der Waals surface area contributed by atoms with E-state index in [4.69, 9.17) is 11.6 Å². The van der Waals surface area contributed by atoms with Crippen LogP contribution in [0.25, 0.3) is 0 Å². The fourth-order valence-electron chi connectivity index (χ4n) is 2.01. The monoisotopic (exact) mass is 307 g/mol. The predicted molar refractivity (Wildman–Crippen MR) is 79.8 cm³/mol. The molecule has 0 aliphatic heterocycles. The van der Waals surface area contributed by atoms with Crippen LogP contribution in [0.1, 0.15) is 22.8 Å². The van der Waals surface area contributed by atoms with Crippen molar-refractivity contribution in [3.8, 4) is 0 Å². The molecule has 5 heteroatoms. The van der Waals surface area contributed by atoms with E-state index in [-0.39, 0.29) is 17.2 Å². The zero-order valence-electron chi connectivity index (χ0n) is 11.4. The van der Waals surface area contributed by atoms with E-state index in [9.17, 15) is 14.3 Å². The summed E-state index contributed by atoms with van der Waals surface area (Å²) < 4.78 is 13.9. The molecule has 2 N–H and O–H groups in total. The Labute approximate surface area is 127 Å². The average molecular weight is 308 g/mol. The second-order valence-corrected chi connectivity index (χ2v) is 5.32. The van der Waals surface area contributed by atoms with Crippen molar-refractivity contribution in [3.05, 3.63) is 70.5 Å². The van der Waals surface area contributed by atoms with Gasteiger partial charge >= 0.3 is 0 Å². The third-order valence-electron chi connectivity index (χ3n) is 3.31. The number of carbonyl (C=O) groups excluding carboxylic acids is 1. The number of halogens is 2. The fourth-order valence-corrected chi connectivity index (χ4v) is 2.18. The molecule has 0 saturated carbocycles. The molecular weight excluding hydrogens is 293 g/mol. The van der Waals surface area contributed by atoms with Gasteiger partial charge in [-0.05, 0) is 24.6 Å². The maximum absolute atomic E-state index is 13.9. The van der Waals surface area contributed by atoms with Crippen LogP contribution in [-0.2, 0) is 5.54 Å². The van der Waals surface area contributed by atoms with Crippen molar-refractivity contribution >= 4 is 17.5 Å². The Morgan fingerprint density at radius 3 is 2.52 bits per heavy atom. The molecule has 0 spiro atoms. The normalized spacial score (nSPS) is 13.5. The van der Waals surface area contributed by atoms with Gasteiger partial charge in [0.25, 0.3) is 5.91 Å². The Kier molecular flexibility index (Phi) is 4.60. The summed E-state index contributed by atoms with van der Waals surface area (Å²) in [6.07, 6.45) is 0. The lowest BCUT2D eigenvalue weighted by atomic mass is 9.92. The van der Waals surface area contributed by atoms with E-state index in [1.54, 1.807) is 31.2 Å². The van der Waals surface area contributed by atoms with E-state index in [0.717, 1.165) is 5.56 Å². The van der Waals surface area contributed by atoms with Gasteiger partial charge in [-0.25, -0.2) is 4.39 Å². The highest BCUT2D eigenvalue weighted by Gasteiger charge is 2.29. The summed E-state index contributed by atoms with van der Waals surface area (Å²) >= 11 is 5.68. The van der Waals surface area contributed by atoms with Gasteiger partial charge in [-0.2, -0.15) is 0 Å². The molecule has 0 bridgehead atoms. The Balaban J connectivity index is 2.30. The van der Waals surface area contributed by atoms with Crippen molar-refractivity contribution in [2.24, 2.45) is 0 Å². The molecule has 1 amide bonds. The molecule has 1 unspecified atom stereocenters. The largest absolute Gasteiger partial charge is 0.394 e. The summed E-state index contributed by atoms with van der Waals surface area (Å²) in [5.41, 5.74) is -0.436. The molecule has 0 aromatic heterocycles. The maximum atomic E-state index is 13.9. The van der Waals surface area contributed by atoms with Crippen molar-refractivity contribution in [1.29, 1.82) is 0 Å². The van der Waals surface area contributed by atoms with Crippen molar-refractivity contribution in [2.75, 3.05) is 6.61 Å². The lowest BCUT2D eigenvalue weighted by Gasteiger charge is -2.29. The number of hydrogen-bond donors (Lipinski definition) is 2. The minimum absolute atomic E-state index is 0.118. The van der Waals surface area contributed by atoms with Crippen molar-refractivity contribution < 1.29 is 14.3 Å². The third-order valence-corrected chi connectivity index (χ3v) is 3.60. The Morgan fingerprint density at radius 2 is 1.90 bits per heavy atom. The Morgan fingerprint density at radius 1 is 1.24 bits per heavy atom. The van der Waals surface area contributed by atoms with Crippen LogP contribution in [0.5, 0.6) is 0 Å². The quantitative estimate of drug-likeness (QED) is 0.912. The van der Waals surface area contributed by atoms with E-state index >= 15 is 0 Å². The van der Waals surface area contributed by atoms with E-state index in [0.29, 0.717) is 0 Å². The van der Waals surface area contributed by atoms with Gasteiger partial charge in [-0.3, -0.25) is 4.79 Å². The summed E-state index contributed by atoms with van der Waals surface area (Å²) in [5.74, 6) is -1.40. The Hall–Kier alpha value is -1.91. The molecule has 0 fully saturated rings. The van der Waals surface area contributed by atoms with Crippen LogP contribution < -0.4 is 5.32 Å². The smallest absolute Gasteiger partial charge is 0.255 e. The molecule has 21 heavy (non-hydrogen) atoms. The number of rotatable bonds is 4. The van der Waals surface area contributed by atoms with Crippen LogP contribution in [0.15, 0.2) is 48.5 Å². The van der Waals surface area contributed by atoms with Crippen LogP contribution in [0, 0.1) is 5.82 Å². The zero-order chi connectivity index (χ0) is 15.5. The van der Waals surface area contributed by atoms with Gasteiger partial charge in [0, 0.05) is 0 Å². The number of nitrogens with one attached hydrogen (secondary N) is 1. The molecule has 3 nitrogen and oxygen atoms in total. The third kappa shape index (κ3) is 3.23. The average Bonchev–Trinajstić information content (AvgIpc) is 2.50. The van der Waals surface area contributed by atoms with Gasteiger partial charge < -0.3 is 10.4 Å². The zero-order valence-corrected chi connectivity index (χ0v) is 12.2. The van der Waals surface area contributed by atoms with Crippen molar-refractivity contribution in [2.45, 2.75) is 12.5 Å². The molecule has 0 aliphatic rings. The van der Waals surface area contributed by atoms with Crippen molar-refractivity contribution in [1.82, 2.24) is 5.32 Å². The number of aliphatic hydroxyl groups excluding tert-OH is 1. The lowest BCUT2D eigenvalue weighted by Crippen LogP contribution is -2.46. The number of aliphatic hydroxyl groups is 1. The van der Waals surface area contributed by atoms with Crippen LogP contribution >= 0.6 is 11.6 Å². The summed E-state index contributed by atoms with van der Waals surface area (Å²) in [6.45, 7) is 1.35. The second-order valence-electron chi connectivity index (χ2n) is 4.91. The van der Waals surface area contributed by atoms with Crippen LogP contribution in [0.3, 0.4) is 0 Å². The summed E-state index contributed by atoms with van der Waals surface area (Å²) in [4.78, 5) is 12.2. The van der Waals surface area contributed by atoms with Crippen LogP contribution in [-0.4, -0.2) is 17.6 Å². The number of hydrogen-bond acceptors (Lipinski definition) is 2. The van der Waals surface area contributed by atoms with E-state index in [1.165, 1.54) is 18.2 Å². The van der Waals surface area contributed by atoms with E-state index < -0.39 is 17.3 Å². The molecule has 2 rings (SSSR count). The SMILES string of the molecule is CC(CO)(NC(=O)c1cccc(Cl)c1F)c1ccccc1. The summed E-state index contributed by atoms with van der Waals surface area (Å²) in [7, 11) is 0. The minimum atomic E-state index is -1.01. The maximum Gasteiger partial charge on any atom is 0.255 e. The lowest BCUT2D eigenvalue weighted by molar-refractivity contribution is 0.0845. The Bertz CT molecular complexity index is 648. The first-order valence-electron chi connectivity index (χ1n) is 6.41. The molecule has 0 radical (unpaired) electrons. The van der Waals surface area contributed by atoms with Gasteiger partial charge in [0.1, 0.15) is 0 Å². The highest BCUT2D eigenvalue weighted by Crippen LogP contribution is 2.22. The molecule has 0 heterocycles. The topological polar surface area (TPSA) is 49.3 Å². The number of amides is 1. The summed E-state index contributed by atoms with van der Waals surface area (Å²) in [5, 5.41) is 12.2. The minimum Gasteiger partial charge on any atom is -0.394 e. The molecule has 1 atom stereocenters. The second kappa shape index (κ2) is 6.24. The van der Waals surface area contributed by atoms with Gasteiger partial charge in [-0.1, -0.05) is 48.0 Å². The van der Waals surface area contributed by atoms with Crippen LogP contribution in [0.4, 0.5) is 4.39 Å². The van der Waals surface area contributed by atoms with Gasteiger partial charge in [-0.15, -0.1) is 0 Å². The number of benzene rings is 2. The highest BCUT2D eigenvalue weighted by atomic mass is 35.5. The van der Waals surface area contributed by atoms with Gasteiger partial charge in [0.2, 0.25) is 0 Å². The molecule has 2 aromatic rings. The molecule has 0 saturated heterocycles. The fraction of sp³-hybridized carbons (Fsp3) is 0.188. The molecule has 2 aromatic carbocycles.